The molecule has 0 aliphatic carbocycles. The Bertz CT molecular complexity index is 956. The van der Waals surface area contributed by atoms with Crippen LogP contribution in [0.25, 0.3) is 11.1 Å². The Labute approximate surface area is 256 Å². The Morgan fingerprint density at radius 2 is 1.02 bits per heavy atom. The maximum absolute atomic E-state index is 10.4. The van der Waals surface area contributed by atoms with Crippen molar-refractivity contribution in [3.05, 3.63) is 46.5 Å². The van der Waals surface area contributed by atoms with E-state index in [2.05, 4.69) is 24.3 Å². The van der Waals surface area contributed by atoms with Crippen LogP contribution >= 0.6 is 47.0 Å². The maximum atomic E-state index is 10.4. The van der Waals surface area contributed by atoms with E-state index < -0.39 is 12.2 Å². The quantitative estimate of drug-likeness (QED) is 0.257. The number of hydrogen-bond donors (Lipinski definition) is 2. The van der Waals surface area contributed by atoms with Crippen molar-refractivity contribution in [1.82, 2.24) is 0 Å². The summed E-state index contributed by atoms with van der Waals surface area (Å²) in [5, 5.41) is 24.0. The SMILES string of the molecule is Cc1cc(-c2cc(C)c(OCC(O)COCC3CSCS3)c(C)c2)cc(C)c1OCC(O)COCC1CSCS1. The smallest absolute Gasteiger partial charge is 0.125 e. The standard InChI is InChI=1S/C30H42O6S4/c1-19-5-23(6-20(2)29(19)35-11-25(31)9-33-13-27-15-37-17-39-27)24-7-21(3)30(22(4)8-24)36-12-26(32)10-34-14-28-16-38-18-40-28/h5-8,25-28,31-32H,9-18H2,1-4H3. The summed E-state index contributed by atoms with van der Waals surface area (Å²) in [5.74, 6) is 3.85. The third-order valence-electron chi connectivity index (χ3n) is 6.70. The van der Waals surface area contributed by atoms with Crippen LogP contribution < -0.4 is 9.47 Å². The van der Waals surface area contributed by atoms with E-state index in [-0.39, 0.29) is 26.4 Å². The molecule has 10 heteroatoms. The molecule has 6 nitrogen and oxygen atoms in total. The topological polar surface area (TPSA) is 77.4 Å². The van der Waals surface area contributed by atoms with Crippen LogP contribution in [0.15, 0.2) is 24.3 Å². The average molecular weight is 627 g/mol. The Morgan fingerprint density at radius 1 is 0.650 bits per heavy atom. The highest BCUT2D eigenvalue weighted by atomic mass is 32.2. The van der Waals surface area contributed by atoms with Gasteiger partial charge in [0.1, 0.15) is 36.9 Å². The van der Waals surface area contributed by atoms with Gasteiger partial charge in [0.05, 0.1) is 26.4 Å². The highest BCUT2D eigenvalue weighted by Crippen LogP contribution is 2.35. The van der Waals surface area contributed by atoms with Crippen LogP contribution in [0.4, 0.5) is 0 Å². The van der Waals surface area contributed by atoms with Gasteiger partial charge >= 0.3 is 0 Å². The second kappa shape index (κ2) is 16.2. The van der Waals surface area contributed by atoms with Gasteiger partial charge in [0.15, 0.2) is 0 Å². The first-order valence-electron chi connectivity index (χ1n) is 13.7. The van der Waals surface area contributed by atoms with Crippen molar-refractivity contribution in [3.8, 4) is 22.6 Å². The van der Waals surface area contributed by atoms with Gasteiger partial charge in [0, 0.05) is 32.2 Å². The molecule has 2 aromatic rings. The molecular formula is C30H42O6S4. The lowest BCUT2D eigenvalue weighted by molar-refractivity contribution is 0.0134. The molecule has 40 heavy (non-hydrogen) atoms. The molecular weight excluding hydrogens is 585 g/mol. The fraction of sp³-hybridized carbons (Fsp3) is 0.600. The molecule has 2 aliphatic rings. The molecule has 222 valence electrons. The normalized spacial score (nSPS) is 20.6. The first-order valence-corrected chi connectivity index (χ1v) is 18.1. The highest BCUT2D eigenvalue weighted by molar-refractivity contribution is 8.19. The molecule has 4 atom stereocenters. The molecule has 0 bridgehead atoms. The van der Waals surface area contributed by atoms with E-state index in [4.69, 9.17) is 18.9 Å². The van der Waals surface area contributed by atoms with E-state index in [0.717, 1.165) is 66.6 Å². The van der Waals surface area contributed by atoms with Gasteiger partial charge in [0.25, 0.3) is 0 Å². The molecule has 4 rings (SSSR count). The zero-order valence-electron chi connectivity index (χ0n) is 23.9. The predicted octanol–water partition coefficient (Wildman–Crippen LogP) is 5.71. The Hall–Kier alpha value is -0.720. The molecule has 0 spiro atoms. The fourth-order valence-corrected chi connectivity index (χ4v) is 10.3. The monoisotopic (exact) mass is 626 g/mol. The molecule has 4 unspecified atom stereocenters. The summed E-state index contributed by atoms with van der Waals surface area (Å²) in [5.41, 5.74) is 6.30. The van der Waals surface area contributed by atoms with E-state index in [1.807, 2.05) is 74.7 Å². The number of rotatable bonds is 15. The Morgan fingerprint density at radius 3 is 1.35 bits per heavy atom. The molecule has 0 radical (unpaired) electrons. The van der Waals surface area contributed by atoms with Gasteiger partial charge in [-0.3, -0.25) is 0 Å². The first-order chi connectivity index (χ1) is 19.3. The van der Waals surface area contributed by atoms with Gasteiger partial charge in [-0.1, -0.05) is 0 Å². The molecule has 2 aromatic carbocycles. The van der Waals surface area contributed by atoms with Crippen LogP contribution in [-0.4, -0.2) is 94.2 Å². The van der Waals surface area contributed by atoms with Crippen molar-refractivity contribution in [3.63, 3.8) is 0 Å². The van der Waals surface area contributed by atoms with Crippen LogP contribution in [0.2, 0.25) is 0 Å². The van der Waals surface area contributed by atoms with Crippen molar-refractivity contribution >= 4 is 47.0 Å². The van der Waals surface area contributed by atoms with Gasteiger partial charge in [-0.2, -0.15) is 0 Å². The zero-order valence-corrected chi connectivity index (χ0v) is 27.1. The minimum Gasteiger partial charge on any atom is -0.490 e. The number of thioether (sulfide) groups is 4. The summed E-state index contributed by atoms with van der Waals surface area (Å²) < 4.78 is 23.5. The number of aliphatic hydroxyl groups excluding tert-OH is 2. The van der Waals surface area contributed by atoms with Crippen molar-refractivity contribution in [2.75, 3.05) is 61.3 Å². The molecule has 2 N–H and O–H groups in total. The summed E-state index contributed by atoms with van der Waals surface area (Å²) in [4.78, 5) is 0. The lowest BCUT2D eigenvalue weighted by Crippen LogP contribution is -2.26. The third-order valence-corrected chi connectivity index (χ3v) is 12.4. The van der Waals surface area contributed by atoms with Crippen LogP contribution in [0.5, 0.6) is 11.5 Å². The first kappa shape index (κ1) is 32.2. The highest BCUT2D eigenvalue weighted by Gasteiger charge is 2.19. The molecule has 0 aromatic heterocycles. The van der Waals surface area contributed by atoms with E-state index in [1.54, 1.807) is 0 Å². The average Bonchev–Trinajstić information content (AvgIpc) is 3.62. The van der Waals surface area contributed by atoms with Gasteiger partial charge in [0.2, 0.25) is 0 Å². The summed E-state index contributed by atoms with van der Waals surface area (Å²) in [6.45, 7) is 10.5. The molecule has 0 amide bonds. The van der Waals surface area contributed by atoms with Crippen LogP contribution in [0.1, 0.15) is 22.3 Å². The van der Waals surface area contributed by atoms with Crippen molar-refractivity contribution in [2.45, 2.75) is 50.4 Å². The van der Waals surface area contributed by atoms with Gasteiger partial charge in [-0.05, 0) is 85.3 Å². The van der Waals surface area contributed by atoms with Crippen LogP contribution in [0.3, 0.4) is 0 Å². The number of ether oxygens (including phenoxy) is 4. The van der Waals surface area contributed by atoms with Crippen LogP contribution in [-0.2, 0) is 9.47 Å². The van der Waals surface area contributed by atoms with Gasteiger partial charge in [-0.25, -0.2) is 0 Å². The minimum absolute atomic E-state index is 0.202. The second-order valence-electron chi connectivity index (χ2n) is 10.4. The molecule has 2 saturated heterocycles. The minimum atomic E-state index is -0.661. The summed E-state index contributed by atoms with van der Waals surface area (Å²) >= 11 is 7.72. The molecule has 0 saturated carbocycles. The van der Waals surface area contributed by atoms with E-state index in [1.165, 1.54) is 0 Å². The van der Waals surface area contributed by atoms with E-state index in [9.17, 15) is 10.2 Å². The number of benzene rings is 2. The Balaban J connectivity index is 1.28. The summed E-state index contributed by atoms with van der Waals surface area (Å²) in [6.07, 6.45) is -1.32. The lowest BCUT2D eigenvalue weighted by atomic mass is 9.96. The Kier molecular flexibility index (Phi) is 13.1. The number of hydrogen-bond acceptors (Lipinski definition) is 10. The van der Waals surface area contributed by atoms with Gasteiger partial charge < -0.3 is 29.2 Å². The summed E-state index contributed by atoms with van der Waals surface area (Å²) in [6, 6.07) is 8.49. The lowest BCUT2D eigenvalue weighted by Gasteiger charge is -2.19. The third kappa shape index (κ3) is 9.66. The predicted molar refractivity (Wildman–Crippen MR) is 173 cm³/mol. The van der Waals surface area contributed by atoms with Crippen LogP contribution in [0, 0.1) is 27.7 Å². The summed E-state index contributed by atoms with van der Waals surface area (Å²) in [7, 11) is 0. The fourth-order valence-electron chi connectivity index (χ4n) is 4.75. The maximum Gasteiger partial charge on any atom is 0.125 e. The number of aryl methyl sites for hydroxylation is 4. The molecule has 2 aliphatic heterocycles. The second-order valence-corrected chi connectivity index (χ2v) is 15.8. The van der Waals surface area contributed by atoms with Crippen molar-refractivity contribution in [1.29, 1.82) is 0 Å². The van der Waals surface area contributed by atoms with Gasteiger partial charge in [-0.15, -0.1) is 47.0 Å². The largest absolute Gasteiger partial charge is 0.490 e. The van der Waals surface area contributed by atoms with E-state index in [0.29, 0.717) is 23.7 Å². The number of aliphatic hydroxyl groups is 2. The zero-order chi connectivity index (χ0) is 28.5. The van der Waals surface area contributed by atoms with Crippen molar-refractivity contribution < 1.29 is 29.2 Å². The van der Waals surface area contributed by atoms with Crippen molar-refractivity contribution in [2.24, 2.45) is 0 Å². The molecule has 2 fully saturated rings. The van der Waals surface area contributed by atoms with E-state index >= 15 is 0 Å². The molecule has 2 heterocycles.